The lowest BCUT2D eigenvalue weighted by molar-refractivity contribution is 0.0690. The molecule has 0 aliphatic carbocycles. The normalized spacial score (nSPS) is 10.1. The summed E-state index contributed by atoms with van der Waals surface area (Å²) in [4.78, 5) is 30.4. The smallest absolute Gasteiger partial charge is 0.338 e. The number of amides is 1. The number of carboxylic acid groups (broad SMARTS) is 1. The summed E-state index contributed by atoms with van der Waals surface area (Å²) < 4.78 is 0. The summed E-state index contributed by atoms with van der Waals surface area (Å²) in [6.07, 6.45) is 3.22. The number of pyridine rings is 1. The number of carbonyl (C=O) groups excluding carboxylic acids is 1. The van der Waals surface area contributed by atoms with Crippen molar-refractivity contribution >= 4 is 11.9 Å². The Labute approximate surface area is 107 Å². The predicted octanol–water partition coefficient (Wildman–Crippen LogP) is -0.130. The second-order valence-corrected chi connectivity index (χ2v) is 3.64. The average molecular weight is 261 g/mol. The average Bonchev–Trinajstić information content (AvgIpc) is 2.91. The van der Waals surface area contributed by atoms with Gasteiger partial charge in [0.25, 0.3) is 5.91 Å². The lowest BCUT2D eigenvalue weighted by Crippen LogP contribution is -2.28. The Morgan fingerprint density at radius 3 is 2.89 bits per heavy atom. The maximum absolute atomic E-state index is 11.8. The van der Waals surface area contributed by atoms with Crippen LogP contribution in [0, 0.1) is 0 Å². The summed E-state index contributed by atoms with van der Waals surface area (Å²) in [5, 5.41) is 17.9. The fourth-order valence-corrected chi connectivity index (χ4v) is 1.49. The van der Waals surface area contributed by atoms with Crippen LogP contribution in [0.3, 0.4) is 0 Å². The van der Waals surface area contributed by atoms with E-state index in [0.29, 0.717) is 18.8 Å². The van der Waals surface area contributed by atoms with Crippen LogP contribution < -0.4 is 5.32 Å². The van der Waals surface area contributed by atoms with Gasteiger partial charge in [-0.2, -0.15) is 5.10 Å². The first-order valence-corrected chi connectivity index (χ1v) is 5.49. The van der Waals surface area contributed by atoms with Gasteiger partial charge in [-0.1, -0.05) is 0 Å². The summed E-state index contributed by atoms with van der Waals surface area (Å²) in [6.45, 7) is 0.309. The predicted molar refractivity (Wildman–Crippen MR) is 63.6 cm³/mol. The number of aromatic carboxylic acids is 1. The Morgan fingerprint density at radius 2 is 2.21 bits per heavy atom. The van der Waals surface area contributed by atoms with Crippen LogP contribution in [0.2, 0.25) is 0 Å². The van der Waals surface area contributed by atoms with Crippen LogP contribution in [-0.2, 0) is 6.42 Å². The van der Waals surface area contributed by atoms with Crippen molar-refractivity contribution in [2.75, 3.05) is 6.54 Å². The van der Waals surface area contributed by atoms with Gasteiger partial charge in [0.2, 0.25) is 0 Å². The van der Waals surface area contributed by atoms with Gasteiger partial charge >= 0.3 is 5.97 Å². The lowest BCUT2D eigenvalue weighted by Gasteiger charge is -2.05. The highest BCUT2D eigenvalue weighted by atomic mass is 16.4. The fraction of sp³-hybridized carbons (Fsp3) is 0.182. The first kappa shape index (κ1) is 12.7. The Morgan fingerprint density at radius 1 is 1.37 bits per heavy atom. The van der Waals surface area contributed by atoms with Crippen LogP contribution in [0.5, 0.6) is 0 Å². The van der Waals surface area contributed by atoms with E-state index < -0.39 is 11.9 Å². The van der Waals surface area contributed by atoms with Crippen molar-refractivity contribution < 1.29 is 14.7 Å². The van der Waals surface area contributed by atoms with Gasteiger partial charge in [-0.15, -0.1) is 0 Å². The fourth-order valence-electron chi connectivity index (χ4n) is 1.49. The molecule has 0 unspecified atom stereocenters. The summed E-state index contributed by atoms with van der Waals surface area (Å²) in [5.41, 5.74) is -0.229. The first-order valence-electron chi connectivity index (χ1n) is 5.49. The number of hydrogen-bond donors (Lipinski definition) is 3. The second kappa shape index (κ2) is 5.71. The van der Waals surface area contributed by atoms with Gasteiger partial charge in [-0.25, -0.2) is 9.78 Å². The molecule has 19 heavy (non-hydrogen) atoms. The monoisotopic (exact) mass is 261 g/mol. The number of hydrogen-bond acceptors (Lipinski definition) is 5. The van der Waals surface area contributed by atoms with E-state index in [1.54, 1.807) is 0 Å². The summed E-state index contributed by atoms with van der Waals surface area (Å²) in [7, 11) is 0. The standard InChI is InChI=1S/C11H11N5O3/c17-10(13-5-3-8-14-6-15-16-8)9-7(11(18)19)2-1-4-12-9/h1-2,4,6H,3,5H2,(H,13,17)(H,18,19)(H,14,15,16). The highest BCUT2D eigenvalue weighted by Crippen LogP contribution is 2.05. The zero-order chi connectivity index (χ0) is 13.7. The molecule has 98 valence electrons. The summed E-state index contributed by atoms with van der Waals surface area (Å²) >= 11 is 0. The Hall–Kier alpha value is -2.77. The van der Waals surface area contributed by atoms with E-state index in [1.807, 2.05) is 0 Å². The molecule has 0 radical (unpaired) electrons. The van der Waals surface area contributed by atoms with Crippen LogP contribution in [0.4, 0.5) is 0 Å². The van der Waals surface area contributed by atoms with E-state index in [0.717, 1.165) is 0 Å². The topological polar surface area (TPSA) is 121 Å². The molecular formula is C11H11N5O3. The minimum atomic E-state index is -1.19. The summed E-state index contributed by atoms with van der Waals surface area (Å²) in [5.74, 6) is -1.08. The maximum atomic E-state index is 11.8. The Bertz CT molecular complexity index is 582. The van der Waals surface area contributed by atoms with E-state index >= 15 is 0 Å². The van der Waals surface area contributed by atoms with Crippen LogP contribution in [-0.4, -0.2) is 43.7 Å². The van der Waals surface area contributed by atoms with Crippen molar-refractivity contribution in [1.29, 1.82) is 0 Å². The molecule has 0 saturated carbocycles. The third-order valence-corrected chi connectivity index (χ3v) is 2.37. The van der Waals surface area contributed by atoms with Gasteiger partial charge in [0, 0.05) is 19.2 Å². The molecule has 0 bridgehead atoms. The van der Waals surface area contributed by atoms with E-state index in [1.165, 1.54) is 24.7 Å². The zero-order valence-electron chi connectivity index (χ0n) is 9.83. The maximum Gasteiger partial charge on any atom is 0.338 e. The second-order valence-electron chi connectivity index (χ2n) is 3.64. The molecule has 8 nitrogen and oxygen atoms in total. The van der Waals surface area contributed by atoms with Crippen LogP contribution in [0.15, 0.2) is 24.7 Å². The number of aromatic amines is 1. The largest absolute Gasteiger partial charge is 0.478 e. The van der Waals surface area contributed by atoms with Gasteiger partial charge < -0.3 is 10.4 Å². The minimum absolute atomic E-state index is 0.104. The minimum Gasteiger partial charge on any atom is -0.478 e. The van der Waals surface area contributed by atoms with E-state index in [2.05, 4.69) is 25.5 Å². The quantitative estimate of drug-likeness (QED) is 0.689. The first-order chi connectivity index (χ1) is 9.18. The molecular weight excluding hydrogens is 250 g/mol. The molecule has 0 atom stereocenters. The van der Waals surface area contributed by atoms with Crippen molar-refractivity contribution in [3.8, 4) is 0 Å². The molecule has 2 aromatic rings. The van der Waals surface area contributed by atoms with Crippen LogP contribution in [0.1, 0.15) is 26.7 Å². The van der Waals surface area contributed by atoms with Crippen molar-refractivity contribution in [1.82, 2.24) is 25.5 Å². The highest BCUT2D eigenvalue weighted by molar-refractivity contribution is 6.03. The Balaban J connectivity index is 1.98. The SMILES string of the molecule is O=C(O)c1cccnc1C(=O)NCCc1ncn[nH]1. The molecule has 1 amide bonds. The van der Waals surface area contributed by atoms with E-state index in [4.69, 9.17) is 5.11 Å². The number of carboxylic acids is 1. The van der Waals surface area contributed by atoms with Gasteiger partial charge in [0.1, 0.15) is 17.8 Å². The molecule has 2 aromatic heterocycles. The van der Waals surface area contributed by atoms with Crippen molar-refractivity contribution in [2.45, 2.75) is 6.42 Å². The molecule has 3 N–H and O–H groups in total. The molecule has 0 aliphatic heterocycles. The van der Waals surface area contributed by atoms with Gasteiger partial charge in [-0.05, 0) is 12.1 Å². The van der Waals surface area contributed by atoms with Gasteiger partial charge in [0.15, 0.2) is 0 Å². The van der Waals surface area contributed by atoms with Gasteiger partial charge in [-0.3, -0.25) is 14.9 Å². The van der Waals surface area contributed by atoms with E-state index in [-0.39, 0.29) is 11.3 Å². The number of nitrogens with one attached hydrogen (secondary N) is 2. The third kappa shape index (κ3) is 3.12. The molecule has 0 aliphatic rings. The third-order valence-electron chi connectivity index (χ3n) is 2.37. The lowest BCUT2D eigenvalue weighted by atomic mass is 10.2. The van der Waals surface area contributed by atoms with Crippen molar-refractivity contribution in [3.63, 3.8) is 0 Å². The van der Waals surface area contributed by atoms with E-state index in [9.17, 15) is 9.59 Å². The molecule has 2 rings (SSSR count). The number of carbonyl (C=O) groups is 2. The van der Waals surface area contributed by atoms with Crippen molar-refractivity contribution in [3.05, 3.63) is 41.7 Å². The molecule has 0 fully saturated rings. The molecule has 2 heterocycles. The number of rotatable bonds is 5. The number of H-pyrrole nitrogens is 1. The highest BCUT2D eigenvalue weighted by Gasteiger charge is 2.16. The summed E-state index contributed by atoms with van der Waals surface area (Å²) in [6, 6.07) is 2.80. The Kier molecular flexibility index (Phi) is 3.81. The molecule has 0 aromatic carbocycles. The van der Waals surface area contributed by atoms with Crippen LogP contribution >= 0.6 is 0 Å². The van der Waals surface area contributed by atoms with Gasteiger partial charge in [0.05, 0.1) is 5.56 Å². The van der Waals surface area contributed by atoms with Crippen LogP contribution in [0.25, 0.3) is 0 Å². The molecule has 0 spiro atoms. The zero-order valence-corrected chi connectivity index (χ0v) is 9.83. The van der Waals surface area contributed by atoms with Crippen molar-refractivity contribution in [2.24, 2.45) is 0 Å². The molecule has 0 saturated heterocycles. The molecule has 8 heteroatoms. The number of nitrogens with zero attached hydrogens (tertiary/aromatic N) is 3. The number of aromatic nitrogens is 4.